The van der Waals surface area contributed by atoms with Gasteiger partial charge in [0.15, 0.2) is 0 Å². The Bertz CT molecular complexity index is 341. The van der Waals surface area contributed by atoms with Crippen LogP contribution in [0.5, 0.6) is 0 Å². The minimum absolute atomic E-state index is 0.138. The van der Waals surface area contributed by atoms with Crippen LogP contribution < -0.4 is 5.32 Å². The van der Waals surface area contributed by atoms with Gasteiger partial charge in [0.2, 0.25) is 0 Å². The molecule has 0 aromatic heterocycles. The third-order valence-corrected chi connectivity index (χ3v) is 3.83. The van der Waals surface area contributed by atoms with E-state index in [1.54, 1.807) is 0 Å². The third kappa shape index (κ3) is 4.19. The maximum absolute atomic E-state index is 9.46. The van der Waals surface area contributed by atoms with E-state index in [2.05, 4.69) is 36.2 Å². The summed E-state index contributed by atoms with van der Waals surface area (Å²) >= 11 is 0. The topological polar surface area (TPSA) is 39.1 Å². The van der Waals surface area contributed by atoms with E-state index in [1.807, 2.05) is 19.3 Å². The standard InChI is InChI=1S/C15H25N3/c1-4-18-11-8-15(13-16,9-12-18)7-5-14(2)6-10-17-3/h5-6,10,17H,4,7-9,11-12H2,1-3H3/b10-6-,14-5-. The van der Waals surface area contributed by atoms with E-state index < -0.39 is 0 Å². The van der Waals surface area contributed by atoms with E-state index in [9.17, 15) is 5.26 Å². The fourth-order valence-corrected chi connectivity index (χ4v) is 2.30. The van der Waals surface area contributed by atoms with Gasteiger partial charge in [0.1, 0.15) is 0 Å². The summed E-state index contributed by atoms with van der Waals surface area (Å²) < 4.78 is 0. The molecule has 18 heavy (non-hydrogen) atoms. The zero-order valence-corrected chi connectivity index (χ0v) is 11.9. The fourth-order valence-electron chi connectivity index (χ4n) is 2.30. The van der Waals surface area contributed by atoms with Crippen LogP contribution in [-0.4, -0.2) is 31.6 Å². The molecule has 0 aromatic carbocycles. The molecule has 100 valence electrons. The molecule has 1 fully saturated rings. The lowest BCUT2D eigenvalue weighted by Crippen LogP contribution is -2.39. The Balaban J connectivity index is 2.58. The highest BCUT2D eigenvalue weighted by Crippen LogP contribution is 2.35. The molecular formula is C15H25N3. The Morgan fingerprint density at radius 1 is 1.44 bits per heavy atom. The highest BCUT2D eigenvalue weighted by molar-refractivity contribution is 5.18. The second-order valence-corrected chi connectivity index (χ2v) is 5.10. The van der Waals surface area contributed by atoms with Crippen molar-refractivity contribution in [1.29, 1.82) is 5.26 Å². The molecule has 1 N–H and O–H groups in total. The predicted octanol–water partition coefficient (Wildman–Crippen LogP) is 2.68. The molecule has 3 nitrogen and oxygen atoms in total. The van der Waals surface area contributed by atoms with Crippen molar-refractivity contribution in [2.75, 3.05) is 26.7 Å². The number of piperidine rings is 1. The molecule has 0 amide bonds. The van der Waals surface area contributed by atoms with Gasteiger partial charge in [-0.3, -0.25) is 0 Å². The molecule has 0 saturated carbocycles. The number of nitrogens with zero attached hydrogens (tertiary/aromatic N) is 2. The molecule has 0 bridgehead atoms. The first-order valence-electron chi connectivity index (χ1n) is 6.80. The summed E-state index contributed by atoms with van der Waals surface area (Å²) in [4.78, 5) is 2.42. The highest BCUT2D eigenvalue weighted by atomic mass is 15.1. The third-order valence-electron chi connectivity index (χ3n) is 3.83. The number of hydrogen-bond donors (Lipinski definition) is 1. The molecule has 1 aliphatic rings. The molecule has 3 heteroatoms. The Kier molecular flexibility index (Phi) is 5.94. The van der Waals surface area contributed by atoms with Crippen molar-refractivity contribution in [3.63, 3.8) is 0 Å². The zero-order valence-electron chi connectivity index (χ0n) is 11.9. The minimum Gasteiger partial charge on any atom is -0.394 e. The molecule has 0 aliphatic carbocycles. The first-order valence-corrected chi connectivity index (χ1v) is 6.80. The molecule has 1 heterocycles. The van der Waals surface area contributed by atoms with Gasteiger partial charge in [0.05, 0.1) is 11.5 Å². The van der Waals surface area contributed by atoms with Gasteiger partial charge in [0, 0.05) is 7.05 Å². The minimum atomic E-state index is -0.138. The van der Waals surface area contributed by atoms with Gasteiger partial charge in [-0.25, -0.2) is 0 Å². The van der Waals surface area contributed by atoms with E-state index in [1.165, 1.54) is 5.57 Å². The van der Waals surface area contributed by atoms with Crippen molar-refractivity contribution < 1.29 is 0 Å². The maximum Gasteiger partial charge on any atom is 0.0694 e. The summed E-state index contributed by atoms with van der Waals surface area (Å²) in [5.74, 6) is 0. The zero-order chi connectivity index (χ0) is 13.4. The van der Waals surface area contributed by atoms with Crippen LogP contribution in [0.2, 0.25) is 0 Å². The van der Waals surface area contributed by atoms with Crippen molar-refractivity contribution in [2.45, 2.75) is 33.1 Å². The molecule has 0 atom stereocenters. The fraction of sp³-hybridized carbons (Fsp3) is 0.667. The van der Waals surface area contributed by atoms with Crippen molar-refractivity contribution in [3.05, 3.63) is 23.9 Å². The molecule has 0 aromatic rings. The van der Waals surface area contributed by atoms with E-state index in [4.69, 9.17) is 0 Å². The largest absolute Gasteiger partial charge is 0.394 e. The number of nitriles is 1. The first kappa shape index (κ1) is 14.8. The number of likely N-dealkylation sites (tertiary alicyclic amines) is 1. The Labute approximate surface area is 111 Å². The highest BCUT2D eigenvalue weighted by Gasteiger charge is 2.33. The monoisotopic (exact) mass is 247 g/mol. The van der Waals surface area contributed by atoms with Crippen molar-refractivity contribution >= 4 is 0 Å². The number of nitrogens with one attached hydrogen (secondary N) is 1. The van der Waals surface area contributed by atoms with Crippen LogP contribution >= 0.6 is 0 Å². The SMILES string of the molecule is CCN1CCC(C#N)(C/C=C(C)\C=C/NC)CC1. The summed E-state index contributed by atoms with van der Waals surface area (Å²) in [6, 6.07) is 2.56. The maximum atomic E-state index is 9.46. The van der Waals surface area contributed by atoms with Crippen molar-refractivity contribution in [2.24, 2.45) is 5.41 Å². The van der Waals surface area contributed by atoms with Crippen molar-refractivity contribution in [3.8, 4) is 6.07 Å². The molecule has 1 aliphatic heterocycles. The first-order chi connectivity index (χ1) is 8.65. The van der Waals surface area contributed by atoms with Gasteiger partial charge < -0.3 is 10.2 Å². The predicted molar refractivity (Wildman–Crippen MR) is 76.0 cm³/mol. The summed E-state index contributed by atoms with van der Waals surface area (Å²) in [7, 11) is 1.89. The summed E-state index contributed by atoms with van der Waals surface area (Å²) in [5, 5.41) is 12.4. The average Bonchev–Trinajstić information content (AvgIpc) is 2.43. The lowest BCUT2D eigenvalue weighted by molar-refractivity contribution is 0.152. The average molecular weight is 247 g/mol. The van der Waals surface area contributed by atoms with Crippen LogP contribution in [0, 0.1) is 16.7 Å². The molecule has 1 saturated heterocycles. The number of hydrogen-bond acceptors (Lipinski definition) is 3. The summed E-state index contributed by atoms with van der Waals surface area (Å²) in [6.07, 6.45) is 9.03. The Hall–Kier alpha value is -1.27. The van der Waals surface area contributed by atoms with Crippen LogP contribution in [0.1, 0.15) is 33.1 Å². The Morgan fingerprint density at radius 2 is 2.11 bits per heavy atom. The van der Waals surface area contributed by atoms with Crippen LogP contribution in [0.15, 0.2) is 23.9 Å². The Morgan fingerprint density at radius 3 is 2.61 bits per heavy atom. The lowest BCUT2D eigenvalue weighted by atomic mass is 9.76. The van der Waals surface area contributed by atoms with Crippen LogP contribution in [0.4, 0.5) is 0 Å². The molecule has 0 spiro atoms. The van der Waals surface area contributed by atoms with Gasteiger partial charge in [0.25, 0.3) is 0 Å². The van der Waals surface area contributed by atoms with Gasteiger partial charge in [-0.1, -0.05) is 18.6 Å². The second-order valence-electron chi connectivity index (χ2n) is 5.10. The summed E-state index contributed by atoms with van der Waals surface area (Å²) in [5.41, 5.74) is 1.08. The van der Waals surface area contributed by atoms with Gasteiger partial charge in [-0.15, -0.1) is 0 Å². The normalized spacial score (nSPS) is 20.9. The van der Waals surface area contributed by atoms with E-state index in [-0.39, 0.29) is 5.41 Å². The van der Waals surface area contributed by atoms with E-state index in [0.29, 0.717) is 0 Å². The van der Waals surface area contributed by atoms with E-state index in [0.717, 1.165) is 38.9 Å². The smallest absolute Gasteiger partial charge is 0.0694 e. The quantitative estimate of drug-likeness (QED) is 0.759. The molecule has 0 unspecified atom stereocenters. The number of allylic oxidation sites excluding steroid dienone is 3. The van der Waals surface area contributed by atoms with Crippen LogP contribution in [-0.2, 0) is 0 Å². The van der Waals surface area contributed by atoms with Crippen LogP contribution in [0.3, 0.4) is 0 Å². The van der Waals surface area contributed by atoms with Gasteiger partial charge in [-0.05, 0) is 58.1 Å². The second kappa shape index (κ2) is 7.23. The number of rotatable bonds is 5. The lowest BCUT2D eigenvalue weighted by Gasteiger charge is -2.36. The summed E-state index contributed by atoms with van der Waals surface area (Å²) in [6.45, 7) is 7.49. The molecule has 1 rings (SSSR count). The van der Waals surface area contributed by atoms with Gasteiger partial charge in [-0.2, -0.15) is 5.26 Å². The van der Waals surface area contributed by atoms with Crippen LogP contribution in [0.25, 0.3) is 0 Å². The van der Waals surface area contributed by atoms with Crippen molar-refractivity contribution in [1.82, 2.24) is 10.2 Å². The van der Waals surface area contributed by atoms with E-state index >= 15 is 0 Å². The molecular weight excluding hydrogens is 222 g/mol. The molecule has 0 radical (unpaired) electrons. The van der Waals surface area contributed by atoms with Gasteiger partial charge >= 0.3 is 0 Å².